The van der Waals surface area contributed by atoms with Gasteiger partial charge in [-0.05, 0) is 24.6 Å². The van der Waals surface area contributed by atoms with Gasteiger partial charge >= 0.3 is 0 Å². The number of hydrogen-bond donors (Lipinski definition) is 1. The lowest BCUT2D eigenvalue weighted by Gasteiger charge is -2.37. The Morgan fingerprint density at radius 1 is 1.33 bits per heavy atom. The van der Waals surface area contributed by atoms with Gasteiger partial charge in [0.25, 0.3) is 0 Å². The smallest absolute Gasteiger partial charge is 0.239 e. The Morgan fingerprint density at radius 3 is 2.57 bits per heavy atom. The molecule has 1 amide bonds. The molecule has 0 radical (unpaired) electrons. The van der Waals surface area contributed by atoms with Crippen molar-refractivity contribution in [3.05, 3.63) is 29.3 Å². The molecular formula is C15H23Cl2N3O. The Kier molecular flexibility index (Phi) is 7.29. The normalized spacial score (nSPS) is 16.3. The summed E-state index contributed by atoms with van der Waals surface area (Å²) in [5.41, 5.74) is 7.02. The molecule has 2 rings (SSSR count). The molecule has 1 aliphatic heterocycles. The summed E-state index contributed by atoms with van der Waals surface area (Å²) in [5, 5.41) is 0.742. The van der Waals surface area contributed by atoms with E-state index in [1.807, 2.05) is 36.1 Å². The van der Waals surface area contributed by atoms with E-state index < -0.39 is 0 Å². The van der Waals surface area contributed by atoms with Crippen molar-refractivity contribution < 1.29 is 4.79 Å². The second-order valence-electron chi connectivity index (χ2n) is 5.19. The van der Waals surface area contributed by atoms with Crippen LogP contribution in [-0.4, -0.2) is 43.0 Å². The van der Waals surface area contributed by atoms with Crippen molar-refractivity contribution in [2.45, 2.75) is 25.8 Å². The predicted molar refractivity (Wildman–Crippen MR) is 90.4 cm³/mol. The molecule has 0 aliphatic carbocycles. The van der Waals surface area contributed by atoms with Crippen LogP contribution in [0.15, 0.2) is 24.3 Å². The number of amides is 1. The number of nitrogens with zero attached hydrogens (tertiary/aromatic N) is 2. The molecule has 0 aromatic heterocycles. The standard InChI is InChI=1S/C15H22ClN3O.ClH/c1-2-4-14(17)15(20)19-9-7-18(8-10-19)13-6-3-5-12(16)11-13;/h3,5-6,11,14H,2,4,7-10,17H2,1H3;1H. The van der Waals surface area contributed by atoms with Gasteiger partial charge in [0, 0.05) is 36.9 Å². The summed E-state index contributed by atoms with van der Waals surface area (Å²) < 4.78 is 0. The van der Waals surface area contributed by atoms with Crippen LogP contribution in [0.25, 0.3) is 0 Å². The number of halogens is 2. The molecule has 21 heavy (non-hydrogen) atoms. The maximum atomic E-state index is 12.1. The highest BCUT2D eigenvalue weighted by atomic mass is 35.5. The molecule has 2 N–H and O–H groups in total. The van der Waals surface area contributed by atoms with Crippen LogP contribution in [0.3, 0.4) is 0 Å². The number of rotatable bonds is 4. The first-order valence-corrected chi connectivity index (χ1v) is 7.54. The lowest BCUT2D eigenvalue weighted by molar-refractivity contribution is -0.133. The molecule has 1 aromatic rings. The van der Waals surface area contributed by atoms with Crippen LogP contribution in [-0.2, 0) is 4.79 Å². The maximum Gasteiger partial charge on any atom is 0.239 e. The van der Waals surface area contributed by atoms with Crippen molar-refractivity contribution in [2.24, 2.45) is 5.73 Å². The average Bonchev–Trinajstić information content (AvgIpc) is 2.47. The van der Waals surface area contributed by atoms with E-state index in [2.05, 4.69) is 4.90 Å². The summed E-state index contributed by atoms with van der Waals surface area (Å²) in [4.78, 5) is 16.3. The molecule has 1 aliphatic rings. The van der Waals surface area contributed by atoms with Crippen molar-refractivity contribution in [1.29, 1.82) is 0 Å². The second-order valence-corrected chi connectivity index (χ2v) is 5.62. The van der Waals surface area contributed by atoms with E-state index >= 15 is 0 Å². The Bertz CT molecular complexity index is 462. The van der Waals surface area contributed by atoms with Crippen LogP contribution in [0.5, 0.6) is 0 Å². The zero-order valence-electron chi connectivity index (χ0n) is 12.3. The van der Waals surface area contributed by atoms with Crippen molar-refractivity contribution in [3.8, 4) is 0 Å². The highest BCUT2D eigenvalue weighted by Crippen LogP contribution is 2.21. The predicted octanol–water partition coefficient (Wildman–Crippen LogP) is 2.54. The number of benzene rings is 1. The molecule has 118 valence electrons. The van der Waals surface area contributed by atoms with Gasteiger partial charge in [0.2, 0.25) is 5.91 Å². The monoisotopic (exact) mass is 331 g/mol. The summed E-state index contributed by atoms with van der Waals surface area (Å²) in [7, 11) is 0. The van der Waals surface area contributed by atoms with Gasteiger partial charge in [-0.25, -0.2) is 0 Å². The van der Waals surface area contributed by atoms with E-state index in [0.717, 1.165) is 49.7 Å². The number of piperazine rings is 1. The number of carbonyl (C=O) groups is 1. The van der Waals surface area contributed by atoms with Gasteiger partial charge in [0.05, 0.1) is 6.04 Å². The third-order valence-electron chi connectivity index (χ3n) is 3.68. The molecule has 1 atom stereocenters. The van der Waals surface area contributed by atoms with Gasteiger partial charge in [-0.2, -0.15) is 0 Å². The van der Waals surface area contributed by atoms with Crippen LogP contribution < -0.4 is 10.6 Å². The lowest BCUT2D eigenvalue weighted by atomic mass is 10.1. The minimum atomic E-state index is -0.349. The fraction of sp³-hybridized carbons (Fsp3) is 0.533. The van der Waals surface area contributed by atoms with Crippen molar-refractivity contribution >= 4 is 35.6 Å². The van der Waals surface area contributed by atoms with Gasteiger partial charge < -0.3 is 15.5 Å². The quantitative estimate of drug-likeness (QED) is 0.922. The zero-order valence-corrected chi connectivity index (χ0v) is 13.9. The molecule has 1 fully saturated rings. The minimum absolute atomic E-state index is 0. The second kappa shape index (κ2) is 8.47. The van der Waals surface area contributed by atoms with Crippen LogP contribution in [0.4, 0.5) is 5.69 Å². The molecule has 0 saturated carbocycles. The third kappa shape index (κ3) is 4.77. The molecule has 6 heteroatoms. The largest absolute Gasteiger partial charge is 0.368 e. The zero-order chi connectivity index (χ0) is 14.5. The van der Waals surface area contributed by atoms with Gasteiger partial charge in [-0.3, -0.25) is 4.79 Å². The van der Waals surface area contributed by atoms with Gasteiger partial charge in [-0.1, -0.05) is 31.0 Å². The molecule has 0 bridgehead atoms. The first-order valence-electron chi connectivity index (χ1n) is 7.16. The van der Waals surface area contributed by atoms with Gasteiger partial charge in [0.1, 0.15) is 0 Å². The van der Waals surface area contributed by atoms with Crippen LogP contribution in [0, 0.1) is 0 Å². The van der Waals surface area contributed by atoms with Crippen molar-refractivity contribution in [1.82, 2.24) is 4.90 Å². The van der Waals surface area contributed by atoms with Crippen LogP contribution >= 0.6 is 24.0 Å². The van der Waals surface area contributed by atoms with Crippen molar-refractivity contribution in [3.63, 3.8) is 0 Å². The molecule has 1 heterocycles. The molecule has 1 saturated heterocycles. The number of anilines is 1. The lowest BCUT2D eigenvalue weighted by Crippen LogP contribution is -2.53. The summed E-state index contributed by atoms with van der Waals surface area (Å²) >= 11 is 6.01. The Morgan fingerprint density at radius 2 is 2.00 bits per heavy atom. The van der Waals surface area contributed by atoms with E-state index in [0.29, 0.717) is 0 Å². The SMILES string of the molecule is CCCC(N)C(=O)N1CCN(c2cccc(Cl)c2)CC1.Cl. The Hall–Kier alpha value is -0.970. The number of hydrogen-bond acceptors (Lipinski definition) is 3. The summed E-state index contributed by atoms with van der Waals surface area (Å²) in [6.45, 7) is 5.14. The minimum Gasteiger partial charge on any atom is -0.368 e. The molecule has 1 unspecified atom stereocenters. The van der Waals surface area contributed by atoms with E-state index in [-0.39, 0.29) is 24.4 Å². The number of carbonyl (C=O) groups excluding carboxylic acids is 1. The molecular weight excluding hydrogens is 309 g/mol. The van der Waals surface area contributed by atoms with Gasteiger partial charge in [-0.15, -0.1) is 12.4 Å². The fourth-order valence-corrected chi connectivity index (χ4v) is 2.71. The Labute approximate surface area is 137 Å². The highest BCUT2D eigenvalue weighted by molar-refractivity contribution is 6.30. The maximum absolute atomic E-state index is 12.1. The first-order chi connectivity index (χ1) is 9.61. The van der Waals surface area contributed by atoms with Crippen LogP contribution in [0.2, 0.25) is 5.02 Å². The highest BCUT2D eigenvalue weighted by Gasteiger charge is 2.24. The van der Waals surface area contributed by atoms with E-state index in [1.165, 1.54) is 0 Å². The van der Waals surface area contributed by atoms with E-state index in [4.69, 9.17) is 17.3 Å². The van der Waals surface area contributed by atoms with Crippen molar-refractivity contribution in [2.75, 3.05) is 31.1 Å². The van der Waals surface area contributed by atoms with E-state index in [1.54, 1.807) is 0 Å². The molecule has 4 nitrogen and oxygen atoms in total. The first kappa shape index (κ1) is 18.1. The fourth-order valence-electron chi connectivity index (χ4n) is 2.53. The average molecular weight is 332 g/mol. The molecule has 0 spiro atoms. The van der Waals surface area contributed by atoms with E-state index in [9.17, 15) is 4.79 Å². The summed E-state index contributed by atoms with van der Waals surface area (Å²) in [6, 6.07) is 7.48. The topological polar surface area (TPSA) is 49.6 Å². The van der Waals surface area contributed by atoms with Gasteiger partial charge in [0.15, 0.2) is 0 Å². The number of nitrogens with two attached hydrogens (primary N) is 1. The third-order valence-corrected chi connectivity index (χ3v) is 3.92. The Balaban J connectivity index is 0.00000220. The molecule has 1 aromatic carbocycles. The van der Waals surface area contributed by atoms with Crippen LogP contribution in [0.1, 0.15) is 19.8 Å². The summed E-state index contributed by atoms with van der Waals surface area (Å²) in [5.74, 6) is 0.0811. The summed E-state index contributed by atoms with van der Waals surface area (Å²) in [6.07, 6.45) is 1.70.